The molecule has 0 saturated carbocycles. The minimum Gasteiger partial charge on any atom is -0.368 e. The van der Waals surface area contributed by atoms with Crippen molar-refractivity contribution in [1.29, 1.82) is 0 Å². The standard InChI is InChI=1S/C20H27N5O4/c1-13-7-8-14(19(26)23-29-6)11-15(13)22-18-17(25(27)28)16(9-10-21-18)24(5)12-20(2,3)4/h7-11H,12H2,1-6H3,(H,21,22)(H,23,26). The van der Waals surface area contributed by atoms with E-state index in [0.29, 0.717) is 23.5 Å². The van der Waals surface area contributed by atoms with Crippen molar-refractivity contribution < 1.29 is 14.6 Å². The predicted molar refractivity (Wildman–Crippen MR) is 113 cm³/mol. The Hall–Kier alpha value is -3.20. The second-order valence-corrected chi connectivity index (χ2v) is 7.99. The van der Waals surface area contributed by atoms with E-state index in [2.05, 4.69) is 41.4 Å². The van der Waals surface area contributed by atoms with Crippen LogP contribution in [0.2, 0.25) is 0 Å². The lowest BCUT2D eigenvalue weighted by Gasteiger charge is -2.28. The van der Waals surface area contributed by atoms with Gasteiger partial charge in [0.2, 0.25) is 5.82 Å². The fraction of sp³-hybridized carbons (Fsp3) is 0.400. The van der Waals surface area contributed by atoms with Gasteiger partial charge in [0.05, 0.1) is 12.0 Å². The van der Waals surface area contributed by atoms with Crippen LogP contribution in [0.5, 0.6) is 0 Å². The van der Waals surface area contributed by atoms with Crippen molar-refractivity contribution in [2.45, 2.75) is 27.7 Å². The fourth-order valence-corrected chi connectivity index (χ4v) is 3.00. The quantitative estimate of drug-likeness (QED) is 0.536. The van der Waals surface area contributed by atoms with Gasteiger partial charge >= 0.3 is 5.69 Å². The Labute approximate surface area is 170 Å². The van der Waals surface area contributed by atoms with E-state index in [1.54, 1.807) is 24.3 Å². The SMILES string of the molecule is CONC(=O)c1ccc(C)c(Nc2nccc(N(C)CC(C)(C)C)c2[N+](=O)[O-])c1. The summed E-state index contributed by atoms with van der Waals surface area (Å²) in [5.74, 6) is -0.308. The van der Waals surface area contributed by atoms with Gasteiger partial charge in [-0.15, -0.1) is 0 Å². The number of nitrogens with zero attached hydrogens (tertiary/aromatic N) is 3. The van der Waals surface area contributed by atoms with E-state index in [0.717, 1.165) is 5.56 Å². The zero-order chi connectivity index (χ0) is 21.8. The first-order chi connectivity index (χ1) is 13.5. The highest BCUT2D eigenvalue weighted by Gasteiger charge is 2.26. The predicted octanol–water partition coefficient (Wildman–Crippen LogP) is 3.82. The first kappa shape index (κ1) is 22.1. The summed E-state index contributed by atoms with van der Waals surface area (Å²) in [6.45, 7) is 8.66. The second-order valence-electron chi connectivity index (χ2n) is 7.99. The Morgan fingerprint density at radius 3 is 2.59 bits per heavy atom. The van der Waals surface area contributed by atoms with E-state index in [1.165, 1.54) is 13.3 Å². The molecule has 1 amide bonds. The van der Waals surface area contributed by atoms with Crippen LogP contribution in [0.1, 0.15) is 36.7 Å². The number of nitrogens with one attached hydrogen (secondary N) is 2. The van der Waals surface area contributed by atoms with Gasteiger partial charge in [-0.3, -0.25) is 19.7 Å². The molecule has 0 saturated heterocycles. The lowest BCUT2D eigenvalue weighted by molar-refractivity contribution is -0.383. The summed E-state index contributed by atoms with van der Waals surface area (Å²) >= 11 is 0. The second kappa shape index (κ2) is 8.87. The summed E-state index contributed by atoms with van der Waals surface area (Å²) in [7, 11) is 3.16. The molecule has 0 aliphatic rings. The van der Waals surface area contributed by atoms with Gasteiger partial charge in [-0.05, 0) is 36.1 Å². The number of amides is 1. The average molecular weight is 401 g/mol. The van der Waals surface area contributed by atoms with Crippen LogP contribution in [0.3, 0.4) is 0 Å². The lowest BCUT2D eigenvalue weighted by Crippen LogP contribution is -2.29. The third-order valence-corrected chi connectivity index (χ3v) is 4.16. The molecule has 156 valence electrons. The fourth-order valence-electron chi connectivity index (χ4n) is 3.00. The minimum atomic E-state index is -0.444. The summed E-state index contributed by atoms with van der Waals surface area (Å²) in [4.78, 5) is 34.1. The molecule has 0 fully saturated rings. The number of hydrogen-bond acceptors (Lipinski definition) is 7. The van der Waals surface area contributed by atoms with Gasteiger partial charge < -0.3 is 10.2 Å². The lowest BCUT2D eigenvalue weighted by atomic mass is 9.96. The van der Waals surface area contributed by atoms with E-state index in [4.69, 9.17) is 0 Å². The number of aryl methyl sites for hydroxylation is 1. The van der Waals surface area contributed by atoms with Gasteiger partial charge in [-0.25, -0.2) is 10.5 Å². The summed E-state index contributed by atoms with van der Waals surface area (Å²) in [6, 6.07) is 6.61. The molecule has 1 aromatic carbocycles. The average Bonchev–Trinajstić information content (AvgIpc) is 2.61. The number of hydrogen-bond donors (Lipinski definition) is 2. The first-order valence-electron chi connectivity index (χ1n) is 9.09. The van der Waals surface area contributed by atoms with E-state index in [-0.39, 0.29) is 16.9 Å². The Morgan fingerprint density at radius 1 is 1.31 bits per heavy atom. The van der Waals surface area contributed by atoms with E-state index < -0.39 is 10.8 Å². The van der Waals surface area contributed by atoms with Crippen molar-refractivity contribution in [3.63, 3.8) is 0 Å². The van der Waals surface area contributed by atoms with Crippen molar-refractivity contribution in [3.8, 4) is 0 Å². The molecule has 1 heterocycles. The highest BCUT2D eigenvalue weighted by atomic mass is 16.6. The molecule has 29 heavy (non-hydrogen) atoms. The van der Waals surface area contributed by atoms with Gasteiger partial charge in [0, 0.05) is 31.0 Å². The minimum absolute atomic E-state index is 0.0425. The molecule has 2 rings (SSSR count). The largest absolute Gasteiger partial charge is 0.368 e. The summed E-state index contributed by atoms with van der Waals surface area (Å²) in [5.41, 5.74) is 4.26. The monoisotopic (exact) mass is 401 g/mol. The third kappa shape index (κ3) is 5.64. The van der Waals surface area contributed by atoms with Gasteiger partial charge in [0.1, 0.15) is 5.69 Å². The third-order valence-electron chi connectivity index (χ3n) is 4.16. The molecular formula is C20H27N5O4. The van der Waals surface area contributed by atoms with Gasteiger partial charge in [0.25, 0.3) is 5.91 Å². The van der Waals surface area contributed by atoms with Gasteiger partial charge in [-0.2, -0.15) is 0 Å². The number of anilines is 3. The number of rotatable bonds is 7. The van der Waals surface area contributed by atoms with Crippen molar-refractivity contribution in [1.82, 2.24) is 10.5 Å². The van der Waals surface area contributed by atoms with Gasteiger partial charge in [-0.1, -0.05) is 26.8 Å². The zero-order valence-corrected chi connectivity index (χ0v) is 17.6. The molecular weight excluding hydrogens is 374 g/mol. The van der Waals surface area contributed by atoms with Crippen molar-refractivity contribution >= 4 is 28.8 Å². The Kier molecular flexibility index (Phi) is 6.76. The van der Waals surface area contributed by atoms with Crippen LogP contribution < -0.4 is 15.7 Å². The van der Waals surface area contributed by atoms with Crippen LogP contribution in [0.25, 0.3) is 0 Å². The topological polar surface area (TPSA) is 110 Å². The molecule has 2 N–H and O–H groups in total. The van der Waals surface area contributed by atoms with Crippen LogP contribution in [0.15, 0.2) is 30.5 Å². The molecule has 0 aliphatic heterocycles. The smallest absolute Gasteiger partial charge is 0.334 e. The summed E-state index contributed by atoms with van der Waals surface area (Å²) < 4.78 is 0. The van der Waals surface area contributed by atoms with Crippen LogP contribution in [-0.2, 0) is 4.84 Å². The Balaban J connectivity index is 2.46. The number of carbonyl (C=O) groups is 1. The molecule has 2 aromatic rings. The van der Waals surface area contributed by atoms with Crippen LogP contribution in [0, 0.1) is 22.5 Å². The maximum absolute atomic E-state index is 12.0. The molecule has 9 nitrogen and oxygen atoms in total. The Morgan fingerprint density at radius 2 is 2.00 bits per heavy atom. The van der Waals surface area contributed by atoms with Crippen LogP contribution in [0.4, 0.5) is 22.9 Å². The van der Waals surface area contributed by atoms with E-state index >= 15 is 0 Å². The van der Waals surface area contributed by atoms with Gasteiger partial charge in [0.15, 0.2) is 0 Å². The molecule has 0 bridgehead atoms. The van der Waals surface area contributed by atoms with E-state index in [9.17, 15) is 14.9 Å². The molecule has 0 aliphatic carbocycles. The van der Waals surface area contributed by atoms with Crippen molar-refractivity contribution in [2.24, 2.45) is 5.41 Å². The maximum atomic E-state index is 12.0. The zero-order valence-electron chi connectivity index (χ0n) is 17.6. The normalized spacial score (nSPS) is 11.1. The molecule has 1 aromatic heterocycles. The van der Waals surface area contributed by atoms with E-state index in [1.807, 2.05) is 18.9 Å². The molecule has 9 heteroatoms. The van der Waals surface area contributed by atoms with Crippen LogP contribution >= 0.6 is 0 Å². The highest BCUT2D eigenvalue weighted by molar-refractivity contribution is 5.95. The number of nitro groups is 1. The molecule has 0 spiro atoms. The summed E-state index contributed by atoms with van der Waals surface area (Å²) in [5, 5.41) is 14.9. The first-order valence-corrected chi connectivity index (χ1v) is 9.09. The molecule has 0 unspecified atom stereocenters. The Bertz CT molecular complexity index is 908. The van der Waals surface area contributed by atoms with Crippen LogP contribution in [-0.4, -0.2) is 36.5 Å². The number of hydroxylamine groups is 1. The molecule has 0 atom stereocenters. The molecule has 0 radical (unpaired) electrons. The van der Waals surface area contributed by atoms with Crippen molar-refractivity contribution in [3.05, 3.63) is 51.7 Å². The summed E-state index contributed by atoms with van der Waals surface area (Å²) in [6.07, 6.45) is 1.53. The highest BCUT2D eigenvalue weighted by Crippen LogP contribution is 2.36. The number of carbonyl (C=O) groups excluding carboxylic acids is 1. The number of benzene rings is 1. The number of pyridine rings is 1. The maximum Gasteiger partial charge on any atom is 0.334 e. The van der Waals surface area contributed by atoms with Crippen molar-refractivity contribution in [2.75, 3.05) is 30.9 Å². The number of aromatic nitrogens is 1.